The van der Waals surface area contributed by atoms with Crippen LogP contribution in [-0.4, -0.2) is 0 Å². The summed E-state index contributed by atoms with van der Waals surface area (Å²) in [6, 6.07) is 0. The minimum absolute atomic E-state index is 0.581. The van der Waals surface area contributed by atoms with E-state index in [1.54, 1.807) is 0 Å². The number of hydrogen-bond acceptors (Lipinski definition) is 0. The van der Waals surface area contributed by atoms with E-state index in [0.29, 0.717) is 10.8 Å². The van der Waals surface area contributed by atoms with Crippen LogP contribution < -0.4 is 0 Å². The van der Waals surface area contributed by atoms with Crippen LogP contribution in [0.4, 0.5) is 0 Å². The van der Waals surface area contributed by atoms with Crippen molar-refractivity contribution < 1.29 is 0 Å². The molecule has 0 heteroatoms. The summed E-state index contributed by atoms with van der Waals surface area (Å²) in [6.45, 7) is 7.53. The van der Waals surface area contributed by atoms with Crippen molar-refractivity contribution >= 4 is 0 Å². The van der Waals surface area contributed by atoms with Gasteiger partial charge in [0.2, 0.25) is 0 Å². The zero-order valence-electron chi connectivity index (χ0n) is 9.11. The Morgan fingerprint density at radius 3 is 2.62 bits per heavy atom. The van der Waals surface area contributed by atoms with E-state index in [1.165, 1.54) is 32.1 Å². The molecule has 0 heterocycles. The second-order valence-electron chi connectivity index (χ2n) is 6.00. The maximum atomic E-state index is 2.53. The van der Waals surface area contributed by atoms with Crippen LogP contribution in [0.25, 0.3) is 0 Å². The molecule has 3 rings (SSSR count). The maximum Gasteiger partial charge on any atom is -0.0106 e. The molecule has 2 unspecified atom stereocenters. The van der Waals surface area contributed by atoms with E-state index >= 15 is 0 Å². The van der Waals surface area contributed by atoms with Gasteiger partial charge >= 0.3 is 0 Å². The Morgan fingerprint density at radius 1 is 1.15 bits per heavy atom. The molecule has 3 aliphatic carbocycles. The van der Waals surface area contributed by atoms with E-state index in [-0.39, 0.29) is 0 Å². The van der Waals surface area contributed by atoms with Gasteiger partial charge in [-0.25, -0.2) is 0 Å². The van der Waals surface area contributed by atoms with E-state index in [2.05, 4.69) is 20.8 Å². The topological polar surface area (TPSA) is 0 Å². The summed E-state index contributed by atoms with van der Waals surface area (Å²) < 4.78 is 0. The largest absolute Gasteiger partial charge is 0.0591 e. The Hall–Kier alpha value is 0. The van der Waals surface area contributed by atoms with E-state index in [0.717, 1.165) is 5.92 Å². The second kappa shape index (κ2) is 2.15. The van der Waals surface area contributed by atoms with Gasteiger partial charge < -0.3 is 0 Å². The molecule has 0 nitrogen and oxygen atoms in total. The van der Waals surface area contributed by atoms with Crippen molar-refractivity contribution in [2.45, 2.75) is 52.9 Å². The van der Waals surface area contributed by atoms with Crippen molar-refractivity contribution in [3.05, 3.63) is 11.8 Å². The summed E-state index contributed by atoms with van der Waals surface area (Å²) in [5.41, 5.74) is 1.17. The van der Waals surface area contributed by atoms with Crippen molar-refractivity contribution in [3.63, 3.8) is 0 Å². The standard InChI is InChI=1S/C13H20/c1-12(2)10-7-8-13(12,3)11-6-4-5-9(10)11/h10H,4-8H2,1-3H3. The lowest BCUT2D eigenvalue weighted by Crippen LogP contribution is -2.30. The average molecular weight is 176 g/mol. The Morgan fingerprint density at radius 2 is 1.92 bits per heavy atom. The highest BCUT2D eigenvalue weighted by molar-refractivity contribution is 5.42. The minimum Gasteiger partial charge on any atom is -0.0591 e. The fraction of sp³-hybridized carbons (Fsp3) is 0.846. The van der Waals surface area contributed by atoms with Crippen molar-refractivity contribution in [3.8, 4) is 0 Å². The van der Waals surface area contributed by atoms with Gasteiger partial charge in [0.05, 0.1) is 0 Å². The summed E-state index contributed by atoms with van der Waals surface area (Å²) in [7, 11) is 0. The Balaban J connectivity index is 2.07. The van der Waals surface area contributed by atoms with Crippen LogP contribution >= 0.6 is 0 Å². The number of hydrogen-bond donors (Lipinski definition) is 0. The van der Waals surface area contributed by atoms with Crippen molar-refractivity contribution in [1.82, 2.24) is 0 Å². The molecular weight excluding hydrogens is 156 g/mol. The van der Waals surface area contributed by atoms with E-state index < -0.39 is 0 Å². The molecule has 3 aliphatic rings. The molecule has 72 valence electrons. The summed E-state index contributed by atoms with van der Waals surface area (Å²) in [4.78, 5) is 0. The summed E-state index contributed by atoms with van der Waals surface area (Å²) in [5.74, 6) is 4.72. The fourth-order valence-electron chi connectivity index (χ4n) is 4.43. The molecule has 0 aliphatic heterocycles. The average Bonchev–Trinajstić information content (AvgIpc) is 2.63. The Kier molecular flexibility index (Phi) is 1.37. The van der Waals surface area contributed by atoms with Crippen LogP contribution in [0.5, 0.6) is 0 Å². The zero-order valence-corrected chi connectivity index (χ0v) is 9.11. The smallest absolute Gasteiger partial charge is 0.0106 e. The molecule has 13 heavy (non-hydrogen) atoms. The van der Waals surface area contributed by atoms with E-state index in [4.69, 9.17) is 0 Å². The number of rotatable bonds is 0. The SMILES string of the molecule is CC12CCC([C]3CCC[C]31)C2(C)C. The van der Waals surface area contributed by atoms with Gasteiger partial charge in [0, 0.05) is 0 Å². The fourth-order valence-corrected chi connectivity index (χ4v) is 4.43. The third-order valence-electron chi connectivity index (χ3n) is 5.57. The molecule has 3 saturated carbocycles. The third kappa shape index (κ3) is 0.714. The molecule has 2 atom stereocenters. The van der Waals surface area contributed by atoms with E-state index in [1.807, 2.05) is 11.8 Å². The summed E-state index contributed by atoms with van der Waals surface area (Å²) in [6.07, 6.45) is 7.24. The first-order valence-corrected chi connectivity index (χ1v) is 5.80. The molecule has 2 radical (unpaired) electrons. The van der Waals surface area contributed by atoms with Crippen molar-refractivity contribution in [1.29, 1.82) is 0 Å². The lowest BCUT2D eigenvalue weighted by molar-refractivity contribution is 0.159. The molecule has 0 aromatic rings. The monoisotopic (exact) mass is 176 g/mol. The normalized spacial score (nSPS) is 48.7. The molecule has 0 aromatic heterocycles. The summed E-state index contributed by atoms with van der Waals surface area (Å²) >= 11 is 0. The van der Waals surface area contributed by atoms with Gasteiger partial charge in [-0.2, -0.15) is 0 Å². The predicted octanol–water partition coefficient (Wildman–Crippen LogP) is 3.78. The lowest BCUT2D eigenvalue weighted by atomic mass is 9.66. The molecular formula is C13H20. The molecule has 2 bridgehead atoms. The van der Waals surface area contributed by atoms with Gasteiger partial charge in [0.15, 0.2) is 0 Å². The second-order valence-corrected chi connectivity index (χ2v) is 6.00. The van der Waals surface area contributed by atoms with E-state index in [9.17, 15) is 0 Å². The van der Waals surface area contributed by atoms with Gasteiger partial charge in [-0.15, -0.1) is 0 Å². The molecule has 0 spiro atoms. The van der Waals surface area contributed by atoms with Gasteiger partial charge in [0.1, 0.15) is 0 Å². The van der Waals surface area contributed by atoms with Crippen LogP contribution in [0, 0.1) is 28.6 Å². The van der Waals surface area contributed by atoms with Crippen LogP contribution in [0.15, 0.2) is 0 Å². The lowest BCUT2D eigenvalue weighted by Gasteiger charge is -2.38. The van der Waals surface area contributed by atoms with Crippen LogP contribution in [0.3, 0.4) is 0 Å². The molecule has 0 saturated heterocycles. The Bertz CT molecular complexity index is 238. The van der Waals surface area contributed by atoms with Gasteiger partial charge in [0.25, 0.3) is 0 Å². The van der Waals surface area contributed by atoms with Gasteiger partial charge in [-0.05, 0) is 54.3 Å². The first-order valence-electron chi connectivity index (χ1n) is 5.80. The van der Waals surface area contributed by atoms with Gasteiger partial charge in [-0.3, -0.25) is 0 Å². The van der Waals surface area contributed by atoms with Crippen LogP contribution in [0.2, 0.25) is 0 Å². The predicted molar refractivity (Wildman–Crippen MR) is 54.9 cm³/mol. The Labute approximate surface area is 82.1 Å². The van der Waals surface area contributed by atoms with Crippen LogP contribution in [0.1, 0.15) is 52.9 Å². The molecule has 0 amide bonds. The minimum atomic E-state index is 0.581. The zero-order chi connectivity index (χ0) is 9.27. The molecule has 0 N–H and O–H groups in total. The van der Waals surface area contributed by atoms with Gasteiger partial charge in [-0.1, -0.05) is 27.2 Å². The first kappa shape index (κ1) is 8.32. The quantitative estimate of drug-likeness (QED) is 0.527. The number of fused-ring (bicyclic) bond motifs is 5. The highest BCUT2D eigenvalue weighted by atomic mass is 14.7. The third-order valence-corrected chi connectivity index (χ3v) is 5.57. The first-order chi connectivity index (χ1) is 6.07. The van der Waals surface area contributed by atoms with Crippen LogP contribution in [-0.2, 0) is 0 Å². The van der Waals surface area contributed by atoms with Crippen molar-refractivity contribution in [2.75, 3.05) is 0 Å². The maximum absolute atomic E-state index is 2.53. The van der Waals surface area contributed by atoms with Crippen molar-refractivity contribution in [2.24, 2.45) is 16.7 Å². The molecule has 3 fully saturated rings. The molecule has 0 aromatic carbocycles. The summed E-state index contributed by atoms with van der Waals surface area (Å²) in [5, 5.41) is 0. The highest BCUT2D eigenvalue weighted by Crippen LogP contribution is 2.75. The highest BCUT2D eigenvalue weighted by Gasteiger charge is 2.66.